The van der Waals surface area contributed by atoms with Crippen LogP contribution >= 0.6 is 0 Å². The van der Waals surface area contributed by atoms with Gasteiger partial charge in [-0.3, -0.25) is 9.51 Å². The third-order valence-corrected chi connectivity index (χ3v) is 8.39. The van der Waals surface area contributed by atoms with Crippen molar-refractivity contribution < 1.29 is 9.26 Å². The number of aromatic amines is 1. The smallest absolute Gasteiger partial charge is 0.377 e. The molecule has 0 bridgehead atoms. The Bertz CT molecular complexity index is 1690. The normalized spacial score (nSPS) is 21.4. The van der Waals surface area contributed by atoms with Crippen LogP contribution in [0.15, 0.2) is 64.2 Å². The van der Waals surface area contributed by atoms with E-state index >= 15 is 0 Å². The van der Waals surface area contributed by atoms with Crippen LogP contribution in [0.2, 0.25) is 0 Å². The highest BCUT2D eigenvalue weighted by molar-refractivity contribution is 5.94. The molecule has 2 fully saturated rings. The summed E-state index contributed by atoms with van der Waals surface area (Å²) in [7, 11) is 0. The van der Waals surface area contributed by atoms with E-state index < -0.39 is 5.76 Å². The van der Waals surface area contributed by atoms with E-state index in [-0.39, 0.29) is 11.9 Å². The second-order valence-corrected chi connectivity index (χ2v) is 11.1. The zero-order valence-electron chi connectivity index (χ0n) is 22.9. The Morgan fingerprint density at radius 2 is 1.90 bits per heavy atom. The first-order valence-corrected chi connectivity index (χ1v) is 14.3. The van der Waals surface area contributed by atoms with Crippen molar-refractivity contribution in [2.75, 3.05) is 24.7 Å². The van der Waals surface area contributed by atoms with E-state index in [1.165, 1.54) is 31.2 Å². The average molecular weight is 553 g/mol. The molecule has 0 amide bonds. The van der Waals surface area contributed by atoms with Gasteiger partial charge in [-0.05, 0) is 42.4 Å². The number of fused-ring (bicyclic) bond motifs is 1. The topological polar surface area (TPSA) is 128 Å². The third-order valence-electron chi connectivity index (χ3n) is 8.39. The second-order valence-electron chi connectivity index (χ2n) is 11.1. The van der Waals surface area contributed by atoms with Gasteiger partial charge in [-0.15, -0.1) is 0 Å². The monoisotopic (exact) mass is 552 g/mol. The third kappa shape index (κ3) is 5.01. The van der Waals surface area contributed by atoms with Gasteiger partial charge in [0.1, 0.15) is 5.69 Å². The summed E-state index contributed by atoms with van der Waals surface area (Å²) in [4.78, 5) is 27.1. The molecule has 1 aliphatic carbocycles. The minimum absolute atomic E-state index is 0.0252. The number of nitrogens with zero attached hydrogens (tertiary/aromatic N) is 7. The lowest BCUT2D eigenvalue weighted by molar-refractivity contribution is 0.0927. The van der Waals surface area contributed by atoms with Crippen molar-refractivity contribution in [3.05, 3.63) is 71.0 Å². The number of rotatable bonds is 6. The lowest BCUT2D eigenvalue weighted by Crippen LogP contribution is -2.41. The first-order chi connectivity index (χ1) is 20.1. The molecule has 1 N–H and O–H groups in total. The maximum atomic E-state index is 11.8. The zero-order chi connectivity index (χ0) is 27.8. The molecule has 210 valence electrons. The van der Waals surface area contributed by atoms with Gasteiger partial charge in [0, 0.05) is 18.7 Å². The van der Waals surface area contributed by atoms with Gasteiger partial charge in [-0.1, -0.05) is 55.3 Å². The lowest BCUT2D eigenvalue weighted by Gasteiger charge is -2.37. The van der Waals surface area contributed by atoms with Crippen molar-refractivity contribution >= 4 is 17.0 Å². The summed E-state index contributed by atoms with van der Waals surface area (Å²) in [5.41, 5.74) is 4.88. The van der Waals surface area contributed by atoms with E-state index in [4.69, 9.17) is 19.2 Å². The fourth-order valence-electron chi connectivity index (χ4n) is 6.19. The van der Waals surface area contributed by atoms with E-state index in [1.807, 2.05) is 18.2 Å². The number of morpholine rings is 1. The van der Waals surface area contributed by atoms with Crippen molar-refractivity contribution in [2.24, 2.45) is 11.8 Å². The summed E-state index contributed by atoms with van der Waals surface area (Å²) < 4.78 is 13.1. The van der Waals surface area contributed by atoms with Gasteiger partial charge in [0.05, 0.1) is 48.4 Å². The quantitative estimate of drug-likeness (QED) is 0.320. The number of ether oxygens (including phenoxy) is 1. The SMILES string of the molecule is CC1CCC(Cn2c(N3CCOC[C@H]3c3ccccc3)nc3cc(-c4noc(=O)[nH]4)nc(-c4ccnnc4)c32)CC1. The molecule has 2 aliphatic rings. The Balaban J connectivity index is 1.44. The molecule has 1 saturated heterocycles. The summed E-state index contributed by atoms with van der Waals surface area (Å²) in [6.07, 6.45) is 8.20. The molecule has 1 aliphatic heterocycles. The molecule has 1 atom stereocenters. The molecule has 11 heteroatoms. The van der Waals surface area contributed by atoms with E-state index in [0.717, 1.165) is 35.0 Å². The van der Waals surface area contributed by atoms with Crippen molar-refractivity contribution in [3.8, 4) is 22.8 Å². The number of nitrogens with one attached hydrogen (secondary N) is 1. The van der Waals surface area contributed by atoms with Gasteiger partial charge in [-0.2, -0.15) is 10.2 Å². The number of H-pyrrole nitrogens is 1. The van der Waals surface area contributed by atoms with Gasteiger partial charge in [-0.25, -0.2) is 14.8 Å². The minimum Gasteiger partial charge on any atom is -0.377 e. The molecule has 1 saturated carbocycles. The van der Waals surface area contributed by atoms with E-state index in [2.05, 4.69) is 61.0 Å². The van der Waals surface area contributed by atoms with Crippen LogP contribution in [-0.4, -0.2) is 54.6 Å². The van der Waals surface area contributed by atoms with Crippen molar-refractivity contribution in [3.63, 3.8) is 0 Å². The highest BCUT2D eigenvalue weighted by atomic mass is 16.5. The van der Waals surface area contributed by atoms with Crippen molar-refractivity contribution in [1.29, 1.82) is 0 Å². The standard InChI is InChI=1S/C30H32N8O3/c1-19-7-9-20(10-8-19)17-38-27-23(34-29(38)37-13-14-40-18-25(37)21-5-3-2-4-6-21)15-24(28-35-30(39)41-36-28)33-26(27)22-11-12-31-32-16-22/h2-6,11-12,15-16,19-20,25H,7-10,13-14,17-18H2,1H3,(H,35,36,39)/t19?,20?,25-/m0/s1. The molecule has 0 unspecified atom stereocenters. The molecular formula is C30H32N8O3. The largest absolute Gasteiger partial charge is 0.439 e. The van der Waals surface area contributed by atoms with Crippen LogP contribution in [0.1, 0.15) is 44.2 Å². The summed E-state index contributed by atoms with van der Waals surface area (Å²) in [5, 5.41) is 12.0. The fourth-order valence-corrected chi connectivity index (χ4v) is 6.19. The van der Waals surface area contributed by atoms with Gasteiger partial charge in [0.15, 0.2) is 0 Å². The predicted molar refractivity (Wildman–Crippen MR) is 153 cm³/mol. The Morgan fingerprint density at radius 1 is 1.05 bits per heavy atom. The molecule has 0 spiro atoms. The van der Waals surface area contributed by atoms with Crippen LogP contribution in [-0.2, 0) is 11.3 Å². The first-order valence-electron chi connectivity index (χ1n) is 14.3. The molecule has 11 nitrogen and oxygen atoms in total. The number of imidazole rings is 1. The molecule has 1 aromatic carbocycles. The Kier molecular flexibility index (Phi) is 6.79. The summed E-state index contributed by atoms with van der Waals surface area (Å²) >= 11 is 0. The second kappa shape index (κ2) is 10.9. The molecule has 4 aromatic heterocycles. The highest BCUT2D eigenvalue weighted by Gasteiger charge is 2.32. The zero-order valence-corrected chi connectivity index (χ0v) is 22.9. The van der Waals surface area contributed by atoms with Crippen LogP contribution in [0.4, 0.5) is 5.95 Å². The summed E-state index contributed by atoms with van der Waals surface area (Å²) in [6.45, 7) is 5.11. The Hall–Kier alpha value is -4.38. The maximum Gasteiger partial charge on any atom is 0.439 e. The lowest BCUT2D eigenvalue weighted by atomic mass is 9.83. The molecule has 41 heavy (non-hydrogen) atoms. The maximum absolute atomic E-state index is 11.8. The fraction of sp³-hybridized carbons (Fsp3) is 0.400. The highest BCUT2D eigenvalue weighted by Crippen LogP contribution is 2.39. The van der Waals surface area contributed by atoms with E-state index in [1.54, 1.807) is 12.4 Å². The van der Waals surface area contributed by atoms with Crippen molar-refractivity contribution in [2.45, 2.75) is 45.2 Å². The van der Waals surface area contributed by atoms with Crippen LogP contribution in [0.25, 0.3) is 33.8 Å². The van der Waals surface area contributed by atoms with Gasteiger partial charge in [0.25, 0.3) is 0 Å². The molecule has 7 rings (SSSR count). The number of pyridine rings is 1. The number of hydrogen-bond donors (Lipinski definition) is 1. The van der Waals surface area contributed by atoms with Crippen molar-refractivity contribution in [1.82, 2.24) is 34.9 Å². The van der Waals surface area contributed by atoms with Crippen LogP contribution < -0.4 is 10.7 Å². The predicted octanol–water partition coefficient (Wildman–Crippen LogP) is 4.64. The molecular weight excluding hydrogens is 520 g/mol. The number of hydrogen-bond acceptors (Lipinski definition) is 9. The van der Waals surface area contributed by atoms with Gasteiger partial charge >= 0.3 is 5.76 Å². The number of anilines is 1. The number of benzene rings is 1. The summed E-state index contributed by atoms with van der Waals surface area (Å²) in [6, 6.07) is 14.3. The van der Waals surface area contributed by atoms with Crippen LogP contribution in [0.5, 0.6) is 0 Å². The Labute approximate surface area is 236 Å². The van der Waals surface area contributed by atoms with E-state index in [0.29, 0.717) is 37.1 Å². The Morgan fingerprint density at radius 3 is 2.66 bits per heavy atom. The average Bonchev–Trinajstić information content (AvgIpc) is 3.62. The molecule has 5 heterocycles. The van der Waals surface area contributed by atoms with Crippen LogP contribution in [0, 0.1) is 11.8 Å². The summed E-state index contributed by atoms with van der Waals surface area (Å²) in [5.74, 6) is 1.82. The van der Waals surface area contributed by atoms with Gasteiger partial charge in [0.2, 0.25) is 11.8 Å². The molecule has 0 radical (unpaired) electrons. The van der Waals surface area contributed by atoms with Crippen LogP contribution in [0.3, 0.4) is 0 Å². The first kappa shape index (κ1) is 25.6. The van der Waals surface area contributed by atoms with Gasteiger partial charge < -0.3 is 14.2 Å². The minimum atomic E-state index is -0.634. The van der Waals surface area contributed by atoms with E-state index in [9.17, 15) is 4.79 Å². The number of aromatic nitrogens is 7. The molecule has 5 aromatic rings.